The van der Waals surface area contributed by atoms with Crippen LogP contribution in [-0.2, 0) is 6.54 Å². The number of hydrogen-bond donors (Lipinski definition) is 1. The van der Waals surface area contributed by atoms with Crippen molar-refractivity contribution in [1.82, 2.24) is 24.4 Å². The van der Waals surface area contributed by atoms with E-state index in [4.69, 9.17) is 4.74 Å². The molecule has 29 heavy (non-hydrogen) atoms. The molecule has 0 bridgehead atoms. The molecule has 0 saturated heterocycles. The molecule has 150 valence electrons. The second-order valence-corrected chi connectivity index (χ2v) is 7.13. The fourth-order valence-corrected chi connectivity index (χ4v) is 3.36. The number of aromatic nitrogens is 5. The number of fused-ring (bicyclic) bond motifs is 1. The van der Waals surface area contributed by atoms with Gasteiger partial charge >= 0.3 is 0 Å². The third kappa shape index (κ3) is 3.41. The number of hydrogen-bond acceptors (Lipinski definition) is 5. The maximum Gasteiger partial charge on any atom is 0.170 e. The number of aryl methyl sites for hydroxylation is 1. The van der Waals surface area contributed by atoms with Crippen molar-refractivity contribution < 1.29 is 9.13 Å². The molecule has 0 radical (unpaired) electrons. The monoisotopic (exact) mass is 394 g/mol. The maximum atomic E-state index is 14.2. The molecule has 0 spiro atoms. The fraction of sp³-hybridized carbons (Fsp3) is 0.286. The van der Waals surface area contributed by atoms with Gasteiger partial charge in [0.25, 0.3) is 0 Å². The summed E-state index contributed by atoms with van der Waals surface area (Å²) in [7, 11) is 1.53. The van der Waals surface area contributed by atoms with Crippen molar-refractivity contribution in [2.75, 3.05) is 12.4 Å². The molecule has 0 aliphatic heterocycles. The van der Waals surface area contributed by atoms with Gasteiger partial charge in [-0.3, -0.25) is 9.08 Å². The first kappa shape index (κ1) is 18.9. The van der Waals surface area contributed by atoms with Gasteiger partial charge in [0, 0.05) is 35.5 Å². The minimum absolute atomic E-state index is 0.271. The SMILES string of the molecule is COc1cccc(F)c1CNc1ccc(-c2cn(C(C)C)nc2C)c2nncn12. The van der Waals surface area contributed by atoms with Crippen molar-refractivity contribution >= 4 is 11.5 Å². The van der Waals surface area contributed by atoms with Crippen molar-refractivity contribution in [3.05, 3.63) is 59.9 Å². The van der Waals surface area contributed by atoms with Gasteiger partial charge in [-0.2, -0.15) is 5.10 Å². The van der Waals surface area contributed by atoms with Crippen LogP contribution >= 0.6 is 0 Å². The molecule has 0 fully saturated rings. The Labute approximate surface area is 168 Å². The highest BCUT2D eigenvalue weighted by Crippen LogP contribution is 2.30. The first-order valence-electron chi connectivity index (χ1n) is 9.43. The topological polar surface area (TPSA) is 69.3 Å². The average molecular weight is 394 g/mol. The molecule has 0 saturated carbocycles. The highest BCUT2D eigenvalue weighted by molar-refractivity contribution is 5.80. The van der Waals surface area contributed by atoms with Crippen LogP contribution in [0.2, 0.25) is 0 Å². The summed E-state index contributed by atoms with van der Waals surface area (Å²) in [4.78, 5) is 0. The van der Waals surface area contributed by atoms with E-state index in [0.29, 0.717) is 17.0 Å². The Bertz CT molecular complexity index is 1160. The molecule has 0 unspecified atom stereocenters. The zero-order valence-corrected chi connectivity index (χ0v) is 16.8. The molecule has 3 aromatic heterocycles. The third-order valence-corrected chi connectivity index (χ3v) is 4.93. The van der Waals surface area contributed by atoms with E-state index in [0.717, 1.165) is 22.6 Å². The van der Waals surface area contributed by atoms with Gasteiger partial charge in [-0.25, -0.2) is 4.39 Å². The molecule has 8 heteroatoms. The van der Waals surface area contributed by atoms with E-state index < -0.39 is 0 Å². The number of nitrogens with one attached hydrogen (secondary N) is 1. The van der Waals surface area contributed by atoms with Crippen molar-refractivity contribution in [2.45, 2.75) is 33.4 Å². The number of benzene rings is 1. The number of anilines is 1. The van der Waals surface area contributed by atoms with Gasteiger partial charge in [-0.1, -0.05) is 6.07 Å². The molecule has 0 amide bonds. The third-order valence-electron chi connectivity index (χ3n) is 4.93. The van der Waals surface area contributed by atoms with E-state index in [2.05, 4.69) is 34.5 Å². The number of nitrogens with zero attached hydrogens (tertiary/aromatic N) is 5. The molecule has 3 heterocycles. The largest absolute Gasteiger partial charge is 0.496 e. The Morgan fingerprint density at radius 1 is 1.17 bits per heavy atom. The highest BCUT2D eigenvalue weighted by Gasteiger charge is 2.16. The van der Waals surface area contributed by atoms with Crippen LogP contribution in [0.5, 0.6) is 5.75 Å². The van der Waals surface area contributed by atoms with E-state index >= 15 is 0 Å². The lowest BCUT2D eigenvalue weighted by atomic mass is 10.1. The summed E-state index contributed by atoms with van der Waals surface area (Å²) in [6.45, 7) is 6.43. The van der Waals surface area contributed by atoms with Crippen LogP contribution in [0.1, 0.15) is 31.1 Å². The van der Waals surface area contributed by atoms with Crippen LogP contribution < -0.4 is 10.1 Å². The lowest BCUT2D eigenvalue weighted by Gasteiger charge is -2.13. The molecule has 4 aromatic rings. The summed E-state index contributed by atoms with van der Waals surface area (Å²) in [5.41, 5.74) is 4.07. The van der Waals surface area contributed by atoms with Crippen LogP contribution in [0, 0.1) is 12.7 Å². The lowest BCUT2D eigenvalue weighted by molar-refractivity contribution is 0.405. The predicted octanol–water partition coefficient (Wildman–Crippen LogP) is 4.24. The van der Waals surface area contributed by atoms with Gasteiger partial charge in [-0.05, 0) is 45.0 Å². The van der Waals surface area contributed by atoms with Gasteiger partial charge in [-0.15, -0.1) is 10.2 Å². The highest BCUT2D eigenvalue weighted by atomic mass is 19.1. The Balaban J connectivity index is 1.69. The van der Waals surface area contributed by atoms with Crippen LogP contribution in [0.3, 0.4) is 0 Å². The Morgan fingerprint density at radius 3 is 2.72 bits per heavy atom. The summed E-state index contributed by atoms with van der Waals surface area (Å²) >= 11 is 0. The smallest absolute Gasteiger partial charge is 0.170 e. The maximum absolute atomic E-state index is 14.2. The Morgan fingerprint density at radius 2 is 2.00 bits per heavy atom. The van der Waals surface area contributed by atoms with Crippen LogP contribution in [0.15, 0.2) is 42.9 Å². The second-order valence-electron chi connectivity index (χ2n) is 7.13. The van der Waals surface area contributed by atoms with Gasteiger partial charge in [0.05, 0.1) is 12.8 Å². The summed E-state index contributed by atoms with van der Waals surface area (Å²) < 4.78 is 23.3. The lowest BCUT2D eigenvalue weighted by Crippen LogP contribution is -2.07. The minimum atomic E-state index is -0.315. The van der Waals surface area contributed by atoms with Gasteiger partial charge in [0.2, 0.25) is 0 Å². The summed E-state index contributed by atoms with van der Waals surface area (Å²) in [6.07, 6.45) is 3.67. The zero-order chi connectivity index (χ0) is 20.5. The summed E-state index contributed by atoms with van der Waals surface area (Å²) in [6, 6.07) is 8.99. The first-order chi connectivity index (χ1) is 14.0. The van der Waals surface area contributed by atoms with Crippen molar-refractivity contribution in [3.63, 3.8) is 0 Å². The quantitative estimate of drug-likeness (QED) is 0.530. The van der Waals surface area contributed by atoms with Crippen LogP contribution in [0.25, 0.3) is 16.8 Å². The predicted molar refractivity (Wildman–Crippen MR) is 110 cm³/mol. The average Bonchev–Trinajstić information content (AvgIpc) is 3.34. The van der Waals surface area contributed by atoms with Crippen molar-refractivity contribution in [2.24, 2.45) is 0 Å². The zero-order valence-electron chi connectivity index (χ0n) is 16.8. The Hall–Kier alpha value is -3.42. The van der Waals surface area contributed by atoms with Crippen molar-refractivity contribution in [1.29, 1.82) is 0 Å². The van der Waals surface area contributed by atoms with E-state index in [-0.39, 0.29) is 18.4 Å². The molecule has 1 aromatic carbocycles. The molecule has 0 aliphatic rings. The van der Waals surface area contributed by atoms with Crippen LogP contribution in [-0.4, -0.2) is 31.5 Å². The van der Waals surface area contributed by atoms with Crippen molar-refractivity contribution in [3.8, 4) is 16.9 Å². The number of methoxy groups -OCH3 is 1. The molecule has 0 atom stereocenters. The summed E-state index contributed by atoms with van der Waals surface area (Å²) in [5.74, 6) is 0.948. The number of halogens is 1. The Kier molecular flexibility index (Phi) is 4.92. The van der Waals surface area contributed by atoms with E-state index in [9.17, 15) is 4.39 Å². The molecule has 1 N–H and O–H groups in total. The van der Waals surface area contributed by atoms with E-state index in [1.807, 2.05) is 34.3 Å². The molecule has 7 nitrogen and oxygen atoms in total. The number of ether oxygens (including phenoxy) is 1. The minimum Gasteiger partial charge on any atom is -0.496 e. The molecular weight excluding hydrogens is 371 g/mol. The fourth-order valence-electron chi connectivity index (χ4n) is 3.36. The van der Waals surface area contributed by atoms with Gasteiger partial charge in [0.1, 0.15) is 23.7 Å². The van der Waals surface area contributed by atoms with E-state index in [1.54, 1.807) is 18.5 Å². The van der Waals surface area contributed by atoms with E-state index in [1.165, 1.54) is 13.2 Å². The molecular formula is C21H23FN6O. The summed E-state index contributed by atoms with van der Waals surface area (Å²) in [5, 5.41) is 16.2. The molecule has 0 aliphatic carbocycles. The first-order valence-corrected chi connectivity index (χ1v) is 9.43. The van der Waals surface area contributed by atoms with Crippen LogP contribution in [0.4, 0.5) is 10.2 Å². The number of pyridine rings is 1. The van der Waals surface area contributed by atoms with Gasteiger partial charge < -0.3 is 10.1 Å². The second kappa shape index (κ2) is 7.54. The standard InChI is InChI=1S/C21H23FN6O/c1-13(2)28-11-17(14(3)26-28)15-8-9-20(27-12-24-25-21(15)27)23-10-16-18(22)6-5-7-19(16)29-4/h5-9,11-13,23H,10H2,1-4H3. The number of rotatable bonds is 6. The van der Waals surface area contributed by atoms with Gasteiger partial charge in [0.15, 0.2) is 5.65 Å². The normalized spacial score (nSPS) is 11.4. The molecule has 4 rings (SSSR count).